The molecule has 1 aromatic heterocycles. The number of alkyl halides is 3. The fourth-order valence-electron chi connectivity index (χ4n) is 1.23. The van der Waals surface area contributed by atoms with E-state index in [4.69, 9.17) is 0 Å². The molecule has 1 N–H and O–H groups in total. The first kappa shape index (κ1) is 13.8. The average Bonchev–Trinajstić information content (AvgIpc) is 2.62. The first-order valence-electron chi connectivity index (χ1n) is 5.28. The van der Waals surface area contributed by atoms with Crippen LogP contribution >= 0.6 is 0 Å². The van der Waals surface area contributed by atoms with E-state index in [9.17, 15) is 13.2 Å². The molecule has 0 saturated carbocycles. The van der Waals surface area contributed by atoms with Crippen LogP contribution in [0.2, 0.25) is 0 Å². The van der Waals surface area contributed by atoms with Crippen LogP contribution in [0.3, 0.4) is 0 Å². The van der Waals surface area contributed by atoms with E-state index < -0.39 is 11.7 Å². The number of rotatable bonds is 5. The zero-order chi connectivity index (χ0) is 13.1. The Morgan fingerprint density at radius 2 is 2.18 bits per heavy atom. The van der Waals surface area contributed by atoms with E-state index in [1.165, 1.54) is 4.68 Å². The maximum atomic E-state index is 12.3. The van der Waals surface area contributed by atoms with Crippen molar-refractivity contribution in [1.29, 1.82) is 0 Å². The molecule has 0 aliphatic carbocycles. The molecule has 6 heteroatoms. The van der Waals surface area contributed by atoms with E-state index >= 15 is 0 Å². The molecule has 0 atom stereocenters. The zero-order valence-corrected chi connectivity index (χ0v) is 9.88. The molecule has 3 nitrogen and oxygen atoms in total. The molecule has 0 saturated heterocycles. The number of halogens is 3. The van der Waals surface area contributed by atoms with Gasteiger partial charge in [-0.05, 0) is 5.57 Å². The first-order valence-corrected chi connectivity index (χ1v) is 5.28. The topological polar surface area (TPSA) is 29.9 Å². The van der Waals surface area contributed by atoms with Gasteiger partial charge < -0.3 is 5.32 Å². The van der Waals surface area contributed by atoms with Crippen LogP contribution in [0.5, 0.6) is 0 Å². The van der Waals surface area contributed by atoms with E-state index in [2.05, 4.69) is 17.0 Å². The fraction of sp³-hybridized carbons (Fsp3) is 0.545. The van der Waals surface area contributed by atoms with Crippen LogP contribution in [0.1, 0.15) is 19.4 Å². The van der Waals surface area contributed by atoms with Gasteiger partial charge >= 0.3 is 6.18 Å². The summed E-state index contributed by atoms with van der Waals surface area (Å²) in [4.78, 5) is 0. The van der Waals surface area contributed by atoms with Gasteiger partial charge in [-0.1, -0.05) is 20.4 Å². The standard InChI is InChI=1S/C11H16F3N3/c1-8(2)15-4-9(3)6-17-7-10(5-16-17)11(12,13)14/h5,7-8,15H,3-4,6H2,1-2H3. The molecule has 0 radical (unpaired) electrons. The van der Waals surface area contributed by atoms with Gasteiger partial charge in [0.1, 0.15) is 0 Å². The summed E-state index contributed by atoms with van der Waals surface area (Å²) >= 11 is 0. The highest BCUT2D eigenvalue weighted by molar-refractivity contribution is 5.09. The molecule has 0 aliphatic rings. The zero-order valence-electron chi connectivity index (χ0n) is 9.88. The van der Waals surface area contributed by atoms with Crippen molar-refractivity contribution in [3.05, 3.63) is 30.1 Å². The lowest BCUT2D eigenvalue weighted by molar-refractivity contribution is -0.137. The highest BCUT2D eigenvalue weighted by Crippen LogP contribution is 2.28. The lowest BCUT2D eigenvalue weighted by Gasteiger charge is -2.10. The molecule has 0 unspecified atom stereocenters. The van der Waals surface area contributed by atoms with Crippen molar-refractivity contribution < 1.29 is 13.2 Å². The summed E-state index contributed by atoms with van der Waals surface area (Å²) in [6.45, 7) is 8.62. The fourth-order valence-corrected chi connectivity index (χ4v) is 1.23. The van der Waals surface area contributed by atoms with Crippen LogP contribution in [0, 0.1) is 0 Å². The minimum Gasteiger partial charge on any atom is -0.311 e. The smallest absolute Gasteiger partial charge is 0.311 e. The summed E-state index contributed by atoms with van der Waals surface area (Å²) in [6.07, 6.45) is -2.53. The third-order valence-corrected chi connectivity index (χ3v) is 2.11. The van der Waals surface area contributed by atoms with Crippen LogP contribution < -0.4 is 5.32 Å². The monoisotopic (exact) mass is 247 g/mol. The molecule has 96 valence electrons. The third kappa shape index (κ3) is 4.60. The number of hydrogen-bond donors (Lipinski definition) is 1. The molecule has 0 amide bonds. The van der Waals surface area contributed by atoms with Crippen molar-refractivity contribution in [2.45, 2.75) is 32.6 Å². The van der Waals surface area contributed by atoms with Crippen molar-refractivity contribution in [3.8, 4) is 0 Å². The average molecular weight is 247 g/mol. The second kappa shape index (κ2) is 5.35. The third-order valence-electron chi connectivity index (χ3n) is 2.11. The van der Waals surface area contributed by atoms with Crippen LogP contribution in [-0.4, -0.2) is 22.4 Å². The predicted molar refractivity (Wildman–Crippen MR) is 59.5 cm³/mol. The van der Waals surface area contributed by atoms with Gasteiger partial charge in [-0.2, -0.15) is 18.3 Å². The van der Waals surface area contributed by atoms with Crippen molar-refractivity contribution >= 4 is 0 Å². The minimum atomic E-state index is -4.34. The highest BCUT2D eigenvalue weighted by atomic mass is 19.4. The molecule has 1 heterocycles. The molecule has 0 fully saturated rings. The normalized spacial score (nSPS) is 12.1. The van der Waals surface area contributed by atoms with Crippen molar-refractivity contribution in [3.63, 3.8) is 0 Å². The Labute approximate surface area is 98.3 Å². The van der Waals surface area contributed by atoms with E-state index in [0.717, 1.165) is 18.0 Å². The summed E-state index contributed by atoms with van der Waals surface area (Å²) in [5.41, 5.74) is 0.0534. The van der Waals surface area contributed by atoms with E-state index in [1.54, 1.807) is 0 Å². The molecule has 0 bridgehead atoms. The van der Waals surface area contributed by atoms with Gasteiger partial charge in [0.15, 0.2) is 0 Å². The molecule has 1 rings (SSSR count). The second-order valence-electron chi connectivity index (χ2n) is 4.21. The van der Waals surface area contributed by atoms with Gasteiger partial charge in [-0.25, -0.2) is 0 Å². The van der Waals surface area contributed by atoms with Gasteiger partial charge in [0.05, 0.1) is 18.3 Å². The van der Waals surface area contributed by atoms with Crippen molar-refractivity contribution in [2.75, 3.05) is 6.54 Å². The Hall–Kier alpha value is -1.30. The maximum Gasteiger partial charge on any atom is 0.419 e. The Morgan fingerprint density at radius 1 is 1.53 bits per heavy atom. The molecular weight excluding hydrogens is 231 g/mol. The minimum absolute atomic E-state index is 0.287. The number of aromatic nitrogens is 2. The van der Waals surface area contributed by atoms with Crippen LogP contribution in [0.15, 0.2) is 24.5 Å². The molecule has 0 aromatic carbocycles. The maximum absolute atomic E-state index is 12.3. The van der Waals surface area contributed by atoms with Gasteiger partial charge in [-0.15, -0.1) is 0 Å². The SMILES string of the molecule is C=C(CNC(C)C)Cn1cc(C(F)(F)F)cn1. The summed E-state index contributed by atoms with van der Waals surface area (Å²) in [5.74, 6) is 0. The Bertz CT molecular complexity index is 380. The second-order valence-corrected chi connectivity index (χ2v) is 4.21. The molecular formula is C11H16F3N3. The van der Waals surface area contributed by atoms with Gasteiger partial charge in [-0.3, -0.25) is 4.68 Å². The van der Waals surface area contributed by atoms with Crippen LogP contribution in [-0.2, 0) is 12.7 Å². The van der Waals surface area contributed by atoms with E-state index in [0.29, 0.717) is 12.6 Å². The summed E-state index contributed by atoms with van der Waals surface area (Å²) in [5, 5.41) is 6.80. The number of hydrogen-bond acceptors (Lipinski definition) is 2. The van der Waals surface area contributed by atoms with Crippen molar-refractivity contribution in [2.24, 2.45) is 0 Å². The lowest BCUT2D eigenvalue weighted by atomic mass is 10.3. The van der Waals surface area contributed by atoms with E-state index in [-0.39, 0.29) is 6.54 Å². The molecule has 17 heavy (non-hydrogen) atoms. The molecule has 0 spiro atoms. The number of nitrogens with one attached hydrogen (secondary N) is 1. The summed E-state index contributed by atoms with van der Waals surface area (Å²) < 4.78 is 38.2. The van der Waals surface area contributed by atoms with Crippen molar-refractivity contribution in [1.82, 2.24) is 15.1 Å². The summed E-state index contributed by atoms with van der Waals surface area (Å²) in [7, 11) is 0. The lowest BCUT2D eigenvalue weighted by Crippen LogP contribution is -2.26. The predicted octanol–water partition coefficient (Wildman–Crippen LogP) is 2.46. The number of nitrogens with zero attached hydrogens (tertiary/aromatic N) is 2. The van der Waals surface area contributed by atoms with Gasteiger partial charge in [0.25, 0.3) is 0 Å². The first-order chi connectivity index (χ1) is 7.79. The van der Waals surface area contributed by atoms with Crippen LogP contribution in [0.4, 0.5) is 13.2 Å². The Kier molecular flexibility index (Phi) is 4.34. The Morgan fingerprint density at radius 3 is 2.65 bits per heavy atom. The summed E-state index contributed by atoms with van der Waals surface area (Å²) in [6, 6.07) is 0.315. The highest BCUT2D eigenvalue weighted by Gasteiger charge is 2.32. The molecule has 0 aliphatic heterocycles. The van der Waals surface area contributed by atoms with Gasteiger partial charge in [0, 0.05) is 18.8 Å². The quantitative estimate of drug-likeness (QED) is 0.810. The van der Waals surface area contributed by atoms with Crippen LogP contribution in [0.25, 0.3) is 0 Å². The Balaban J connectivity index is 2.52. The van der Waals surface area contributed by atoms with Gasteiger partial charge in [0.2, 0.25) is 0 Å². The molecule has 1 aromatic rings. The largest absolute Gasteiger partial charge is 0.419 e. The van der Waals surface area contributed by atoms with E-state index in [1.807, 2.05) is 13.8 Å².